The van der Waals surface area contributed by atoms with Crippen molar-refractivity contribution in [3.63, 3.8) is 0 Å². The van der Waals surface area contributed by atoms with Gasteiger partial charge < -0.3 is 19.0 Å². The number of hydrogen-bond acceptors (Lipinski definition) is 7. The monoisotopic (exact) mass is 558 g/mol. The number of imidazole rings is 1. The lowest BCUT2D eigenvalue weighted by molar-refractivity contribution is 0.0603. The molecule has 39 heavy (non-hydrogen) atoms. The maximum Gasteiger partial charge on any atom is 0.351 e. The summed E-state index contributed by atoms with van der Waals surface area (Å²) in [4.78, 5) is 16.8. The predicted molar refractivity (Wildman–Crippen MR) is 157 cm³/mol. The van der Waals surface area contributed by atoms with Crippen LogP contribution in [0.3, 0.4) is 0 Å². The third kappa shape index (κ3) is 4.57. The number of fused-ring (bicyclic) bond motifs is 1. The van der Waals surface area contributed by atoms with Crippen LogP contribution in [0.15, 0.2) is 85.2 Å². The number of rotatable bonds is 7. The Hall–Kier alpha value is -4.08. The molecule has 3 aromatic carbocycles. The van der Waals surface area contributed by atoms with Gasteiger partial charge in [-0.15, -0.1) is 11.3 Å². The van der Waals surface area contributed by atoms with E-state index in [9.17, 15) is 9.90 Å². The first-order valence-corrected chi connectivity index (χ1v) is 15.2. The number of thiophene rings is 1. The molecule has 0 unspecified atom stereocenters. The highest BCUT2D eigenvalue weighted by Gasteiger charge is 2.52. The van der Waals surface area contributed by atoms with Gasteiger partial charge in [0.05, 0.1) is 25.3 Å². The lowest BCUT2D eigenvalue weighted by Crippen LogP contribution is -2.68. The first-order valence-electron chi connectivity index (χ1n) is 12.5. The summed E-state index contributed by atoms with van der Waals surface area (Å²) in [5.41, 5.74) is 1.44. The molecule has 5 rings (SSSR count). The second-order valence-corrected chi connectivity index (χ2v) is 15.4. The van der Waals surface area contributed by atoms with Crippen molar-refractivity contribution >= 4 is 47.0 Å². The van der Waals surface area contributed by atoms with E-state index in [0.717, 1.165) is 27.2 Å². The Balaban J connectivity index is 1.68. The van der Waals surface area contributed by atoms with Crippen LogP contribution in [-0.2, 0) is 4.74 Å². The van der Waals surface area contributed by atoms with Gasteiger partial charge in [0, 0.05) is 18.2 Å². The van der Waals surface area contributed by atoms with Crippen LogP contribution in [0.5, 0.6) is 17.2 Å². The highest BCUT2D eigenvalue weighted by molar-refractivity contribution is 7.16. The molecule has 0 amide bonds. The van der Waals surface area contributed by atoms with Crippen molar-refractivity contribution in [3.8, 4) is 22.2 Å². The molecule has 0 saturated carbocycles. The Bertz CT molecular complexity index is 1580. The zero-order valence-electron chi connectivity index (χ0n) is 22.5. The van der Waals surface area contributed by atoms with Crippen LogP contribution in [0.25, 0.3) is 16.0 Å². The summed E-state index contributed by atoms with van der Waals surface area (Å²) < 4.78 is 19.7. The van der Waals surface area contributed by atoms with E-state index in [-0.39, 0.29) is 15.7 Å². The van der Waals surface area contributed by atoms with Gasteiger partial charge in [-0.2, -0.15) is 0 Å². The van der Waals surface area contributed by atoms with Gasteiger partial charge in [0.2, 0.25) is 0 Å². The average molecular weight is 559 g/mol. The Morgan fingerprint density at radius 1 is 0.923 bits per heavy atom. The average Bonchev–Trinajstić information content (AvgIpc) is 3.53. The number of hydrogen-bond donors (Lipinski definition) is 1. The molecule has 1 N–H and O–H groups in total. The molecule has 0 aliphatic heterocycles. The Kier molecular flexibility index (Phi) is 6.96. The van der Waals surface area contributed by atoms with E-state index in [1.54, 1.807) is 18.0 Å². The van der Waals surface area contributed by atoms with Gasteiger partial charge in [-0.05, 0) is 15.4 Å². The first kappa shape index (κ1) is 26.5. The Labute approximate surface area is 232 Å². The van der Waals surface area contributed by atoms with Crippen molar-refractivity contribution in [3.05, 3.63) is 90.1 Å². The number of methoxy groups -OCH3 is 2. The third-order valence-electron chi connectivity index (χ3n) is 6.82. The summed E-state index contributed by atoms with van der Waals surface area (Å²) in [7, 11) is 0.000983. The van der Waals surface area contributed by atoms with Crippen LogP contribution in [0.4, 0.5) is 0 Å². The zero-order chi connectivity index (χ0) is 27.8. The lowest BCUT2D eigenvalue weighted by Gasteiger charge is -2.43. The van der Waals surface area contributed by atoms with Gasteiger partial charge in [0.25, 0.3) is 0 Å². The van der Waals surface area contributed by atoms with Crippen LogP contribution in [0.1, 0.15) is 30.4 Å². The van der Waals surface area contributed by atoms with Crippen LogP contribution in [0.2, 0.25) is 5.04 Å². The van der Waals surface area contributed by atoms with Crippen molar-refractivity contribution in [2.45, 2.75) is 25.8 Å². The van der Waals surface area contributed by atoms with Gasteiger partial charge >= 0.3 is 14.3 Å². The molecule has 0 saturated heterocycles. The number of ether oxygens (including phenoxy) is 2. The number of aromatic nitrogens is 2. The molecule has 9 heteroatoms. The molecule has 7 nitrogen and oxygen atoms in total. The molecule has 0 fully saturated rings. The van der Waals surface area contributed by atoms with Gasteiger partial charge in [0.1, 0.15) is 22.8 Å². The maximum atomic E-state index is 12.0. The molecule has 0 aliphatic rings. The Morgan fingerprint density at radius 3 is 2.08 bits per heavy atom. The van der Waals surface area contributed by atoms with Crippen LogP contribution < -0.4 is 19.5 Å². The van der Waals surface area contributed by atoms with Gasteiger partial charge in [0.15, 0.2) is 10.6 Å². The number of carbonyl (C=O) groups excluding carboxylic acids is 1. The minimum absolute atomic E-state index is 0.132. The molecular weight excluding hydrogens is 528 g/mol. The number of esters is 1. The SMILES string of the molecule is COC(=O)c1sc(-n2cnc3cc(O[Si](c4ccccc4)(c4ccccc4)C(C)(C)C)c(OC)cc32)cc1O. The maximum absolute atomic E-state index is 12.0. The number of nitrogens with zero attached hydrogens (tertiary/aromatic N) is 2. The molecule has 2 heterocycles. The van der Waals surface area contributed by atoms with Crippen molar-refractivity contribution in [1.82, 2.24) is 9.55 Å². The second-order valence-electron chi connectivity index (χ2n) is 10.2. The first-order chi connectivity index (χ1) is 18.7. The van der Waals surface area contributed by atoms with Gasteiger partial charge in [-0.25, -0.2) is 9.78 Å². The lowest BCUT2D eigenvalue weighted by atomic mass is 10.2. The molecule has 0 bridgehead atoms. The van der Waals surface area contributed by atoms with Crippen molar-refractivity contribution in [2.24, 2.45) is 0 Å². The second kappa shape index (κ2) is 10.2. The summed E-state index contributed by atoms with van der Waals surface area (Å²) in [6.07, 6.45) is 1.66. The minimum Gasteiger partial charge on any atom is -0.531 e. The Morgan fingerprint density at radius 2 is 1.54 bits per heavy atom. The standard InChI is InChI=1S/C30H30N2O5SSi/c1-30(2,3)39(20-12-8-6-9-13-20,21-14-10-7-11-15-21)37-26-16-22-23(17-25(26)35-4)32(19-31-22)27-18-24(33)28(38-27)29(34)36-5/h6-19,33H,1-5H3. The molecule has 2 aromatic heterocycles. The number of aromatic hydroxyl groups is 1. The largest absolute Gasteiger partial charge is 0.531 e. The molecule has 0 radical (unpaired) electrons. The fourth-order valence-corrected chi connectivity index (χ4v) is 10.3. The molecule has 5 aromatic rings. The van der Waals surface area contributed by atoms with E-state index in [4.69, 9.17) is 13.9 Å². The van der Waals surface area contributed by atoms with Crippen LogP contribution >= 0.6 is 11.3 Å². The van der Waals surface area contributed by atoms with E-state index in [2.05, 4.69) is 74.3 Å². The van der Waals surface area contributed by atoms with Gasteiger partial charge in [-0.1, -0.05) is 81.4 Å². The topological polar surface area (TPSA) is 82.8 Å². The number of carbonyl (C=O) groups is 1. The highest BCUT2D eigenvalue weighted by atomic mass is 32.1. The van der Waals surface area contributed by atoms with Crippen molar-refractivity contribution in [2.75, 3.05) is 14.2 Å². The van der Waals surface area contributed by atoms with Crippen molar-refractivity contribution in [1.29, 1.82) is 0 Å². The highest BCUT2D eigenvalue weighted by Crippen LogP contribution is 2.42. The summed E-state index contributed by atoms with van der Waals surface area (Å²) in [6, 6.07) is 26.1. The van der Waals surface area contributed by atoms with Gasteiger partial charge in [-0.3, -0.25) is 4.57 Å². The summed E-state index contributed by atoms with van der Waals surface area (Å²) in [5.74, 6) is 0.439. The summed E-state index contributed by atoms with van der Waals surface area (Å²) in [6.45, 7) is 6.67. The quantitative estimate of drug-likeness (QED) is 0.209. The smallest absolute Gasteiger partial charge is 0.351 e. The van der Waals surface area contributed by atoms with E-state index in [1.165, 1.54) is 13.2 Å². The van der Waals surface area contributed by atoms with E-state index in [1.807, 2.05) is 24.3 Å². The van der Waals surface area contributed by atoms with Crippen LogP contribution in [-0.4, -0.2) is 43.2 Å². The molecule has 200 valence electrons. The van der Waals surface area contributed by atoms with E-state index < -0.39 is 14.3 Å². The minimum atomic E-state index is -2.90. The molecule has 0 spiro atoms. The molecule has 0 atom stereocenters. The van der Waals surface area contributed by atoms with E-state index >= 15 is 0 Å². The number of benzene rings is 3. The van der Waals surface area contributed by atoms with Crippen LogP contribution in [0, 0.1) is 0 Å². The van der Waals surface area contributed by atoms with E-state index in [0.29, 0.717) is 22.0 Å². The normalized spacial score (nSPS) is 11.9. The summed E-state index contributed by atoms with van der Waals surface area (Å²) >= 11 is 1.12. The fraction of sp³-hybridized carbons (Fsp3) is 0.200. The predicted octanol–water partition coefficient (Wildman–Crippen LogP) is 5.53. The third-order valence-corrected chi connectivity index (χ3v) is 12.9. The molecular formula is C30H30N2O5SSi. The molecule has 0 aliphatic carbocycles. The zero-order valence-corrected chi connectivity index (χ0v) is 24.3. The van der Waals surface area contributed by atoms with Crippen molar-refractivity contribution < 1.29 is 23.8 Å². The summed E-state index contributed by atoms with van der Waals surface area (Å²) in [5, 5.41) is 13.0. The fourth-order valence-electron chi connectivity index (χ4n) is 4.97.